The van der Waals surface area contributed by atoms with E-state index >= 15 is 0 Å². The van der Waals surface area contributed by atoms with E-state index in [2.05, 4.69) is 16.3 Å². The molecule has 1 amide bonds. The molecule has 6 heteroatoms. The Morgan fingerprint density at radius 2 is 1.81 bits per heavy atom. The maximum Gasteiger partial charge on any atom is 0.407 e. The molecule has 0 spiro atoms. The largest absolute Gasteiger partial charge is 0.492 e. The van der Waals surface area contributed by atoms with E-state index in [1.165, 1.54) is 38.5 Å². The van der Waals surface area contributed by atoms with Crippen LogP contribution in [-0.4, -0.2) is 43.3 Å². The van der Waals surface area contributed by atoms with Crippen LogP contribution in [0.4, 0.5) is 4.79 Å². The lowest BCUT2D eigenvalue weighted by Crippen LogP contribution is -2.30. The van der Waals surface area contributed by atoms with Gasteiger partial charge in [0.05, 0.1) is 11.6 Å². The summed E-state index contributed by atoms with van der Waals surface area (Å²) < 4.78 is 10.3. The van der Waals surface area contributed by atoms with Gasteiger partial charge in [0.2, 0.25) is 0 Å². The normalized spacial score (nSPS) is 13.6. The van der Waals surface area contributed by atoms with Crippen LogP contribution in [0.1, 0.15) is 59.9 Å². The van der Waals surface area contributed by atoms with E-state index < -0.39 is 0 Å². The molecule has 0 bridgehead atoms. The number of amides is 1. The Labute approximate surface area is 170 Å². The fourth-order valence-corrected chi connectivity index (χ4v) is 2.70. The Morgan fingerprint density at radius 3 is 2.22 bits per heavy atom. The highest BCUT2D eigenvalue weighted by atomic mass is 35.5. The number of likely N-dealkylation sites (tertiary alicyclic amines) is 1. The predicted octanol–water partition coefficient (Wildman–Crippen LogP) is 5.50. The van der Waals surface area contributed by atoms with Gasteiger partial charge < -0.3 is 14.8 Å². The average Bonchev–Trinajstić information content (AvgIpc) is 3.11. The molecule has 1 aliphatic heterocycles. The van der Waals surface area contributed by atoms with Crippen molar-refractivity contribution in [1.29, 1.82) is 0 Å². The molecule has 1 aromatic rings. The molecule has 1 aromatic carbocycles. The first kappa shape index (κ1) is 25.5. The number of ether oxygens (including phenoxy) is 2. The number of halogens is 1. The van der Waals surface area contributed by atoms with Gasteiger partial charge in [-0.25, -0.2) is 4.79 Å². The van der Waals surface area contributed by atoms with Crippen LogP contribution in [0.2, 0.25) is 5.02 Å². The topological polar surface area (TPSA) is 50.8 Å². The number of alkyl carbamates (subject to hydrolysis) is 1. The molecule has 0 unspecified atom stereocenters. The monoisotopic (exact) mass is 400 g/mol. The number of hydrogen-bond donors (Lipinski definition) is 1. The van der Waals surface area contributed by atoms with Gasteiger partial charge in [-0.1, -0.05) is 31.5 Å². The molecule has 0 atom stereocenters. The highest BCUT2D eigenvalue weighted by molar-refractivity contribution is 6.32. The van der Waals surface area contributed by atoms with Crippen molar-refractivity contribution in [3.63, 3.8) is 0 Å². The summed E-state index contributed by atoms with van der Waals surface area (Å²) in [6.45, 7) is 15.5. The molecular weight excluding hydrogens is 364 g/mol. The van der Waals surface area contributed by atoms with E-state index in [9.17, 15) is 4.79 Å². The molecule has 156 valence electrons. The minimum absolute atomic E-state index is 0.387. The second kappa shape index (κ2) is 13.7. The second-order valence-electron chi connectivity index (χ2n) is 6.93. The third-order valence-electron chi connectivity index (χ3n) is 3.50. The van der Waals surface area contributed by atoms with Gasteiger partial charge in [0.1, 0.15) is 11.4 Å². The summed E-state index contributed by atoms with van der Waals surface area (Å²) in [6.07, 6.45) is 2.26. The lowest BCUT2D eigenvalue weighted by atomic mass is 10.2. The zero-order valence-electron chi connectivity index (χ0n) is 18.0. The van der Waals surface area contributed by atoms with Crippen molar-refractivity contribution < 1.29 is 14.3 Å². The van der Waals surface area contributed by atoms with E-state index in [-0.39, 0.29) is 11.7 Å². The molecule has 1 heterocycles. The summed E-state index contributed by atoms with van der Waals surface area (Å²) >= 11 is 6.15. The zero-order valence-corrected chi connectivity index (χ0v) is 18.8. The molecule has 2 rings (SSSR count). The van der Waals surface area contributed by atoms with Gasteiger partial charge in [-0.3, -0.25) is 4.90 Å². The molecule has 0 saturated carbocycles. The van der Waals surface area contributed by atoms with E-state index in [0.717, 1.165) is 17.3 Å². The molecule has 0 radical (unpaired) electrons. The third-order valence-corrected chi connectivity index (χ3v) is 3.80. The SMILES string of the molecule is CC.CCOc1ccc(CN2CCCC2)cc1Cl.CNC(=O)OC(C)(C)C. The molecule has 5 nitrogen and oxygen atoms in total. The number of nitrogens with zero attached hydrogens (tertiary/aromatic N) is 1. The van der Waals surface area contributed by atoms with Gasteiger partial charge in [0, 0.05) is 13.6 Å². The number of carbonyl (C=O) groups excluding carboxylic acids is 1. The van der Waals surface area contributed by atoms with Crippen molar-refractivity contribution in [3.8, 4) is 5.75 Å². The molecule has 1 fully saturated rings. The van der Waals surface area contributed by atoms with Crippen LogP contribution in [0.15, 0.2) is 18.2 Å². The van der Waals surface area contributed by atoms with Crippen LogP contribution >= 0.6 is 11.6 Å². The Kier molecular flexibility index (Phi) is 12.9. The number of benzene rings is 1. The second-order valence-corrected chi connectivity index (χ2v) is 7.34. The first-order chi connectivity index (χ1) is 12.7. The number of hydrogen-bond acceptors (Lipinski definition) is 4. The fourth-order valence-electron chi connectivity index (χ4n) is 2.44. The Balaban J connectivity index is 0.000000528. The van der Waals surface area contributed by atoms with Crippen molar-refractivity contribution >= 4 is 17.7 Å². The molecule has 1 N–H and O–H groups in total. The van der Waals surface area contributed by atoms with Crippen molar-refractivity contribution in [2.24, 2.45) is 0 Å². The average molecular weight is 401 g/mol. The van der Waals surface area contributed by atoms with E-state index in [4.69, 9.17) is 21.1 Å². The zero-order chi connectivity index (χ0) is 20.9. The van der Waals surface area contributed by atoms with Gasteiger partial charge >= 0.3 is 6.09 Å². The Bertz CT molecular complexity index is 539. The summed E-state index contributed by atoms with van der Waals surface area (Å²) in [5.41, 5.74) is 0.885. The van der Waals surface area contributed by atoms with Crippen LogP contribution in [0, 0.1) is 0 Å². The molecule has 1 saturated heterocycles. The number of nitrogens with one attached hydrogen (secondary N) is 1. The van der Waals surface area contributed by atoms with Crippen LogP contribution < -0.4 is 10.1 Å². The van der Waals surface area contributed by atoms with E-state index in [0.29, 0.717) is 6.61 Å². The summed E-state index contributed by atoms with van der Waals surface area (Å²) in [5.74, 6) is 0.786. The van der Waals surface area contributed by atoms with Crippen molar-refractivity contribution in [3.05, 3.63) is 28.8 Å². The highest BCUT2D eigenvalue weighted by Crippen LogP contribution is 2.26. The first-order valence-corrected chi connectivity index (χ1v) is 10.2. The summed E-state index contributed by atoms with van der Waals surface area (Å²) in [5, 5.41) is 3.08. The van der Waals surface area contributed by atoms with Crippen LogP contribution in [-0.2, 0) is 11.3 Å². The quantitative estimate of drug-likeness (QED) is 0.724. The van der Waals surface area contributed by atoms with Crippen molar-refractivity contribution in [2.45, 2.75) is 66.5 Å². The standard InChI is InChI=1S/C13H18ClNO.C6H13NO2.C2H6/c1-2-16-13-6-5-11(9-12(13)14)10-15-7-3-4-8-15;1-6(2,3)9-5(8)7-4;1-2/h5-6,9H,2-4,7-8,10H2,1H3;1-4H3,(H,7,8);1-2H3. The van der Waals surface area contributed by atoms with Crippen molar-refractivity contribution in [1.82, 2.24) is 10.2 Å². The van der Waals surface area contributed by atoms with Crippen LogP contribution in [0.25, 0.3) is 0 Å². The first-order valence-electron chi connectivity index (χ1n) is 9.79. The number of carbonyl (C=O) groups is 1. The summed E-state index contributed by atoms with van der Waals surface area (Å²) in [7, 11) is 1.54. The van der Waals surface area contributed by atoms with E-state index in [1.807, 2.05) is 53.7 Å². The van der Waals surface area contributed by atoms with Crippen molar-refractivity contribution in [2.75, 3.05) is 26.7 Å². The van der Waals surface area contributed by atoms with Gasteiger partial charge in [-0.15, -0.1) is 0 Å². The Hall–Kier alpha value is -1.46. The van der Waals surface area contributed by atoms with Crippen LogP contribution in [0.3, 0.4) is 0 Å². The lowest BCUT2D eigenvalue weighted by Gasteiger charge is -2.18. The minimum Gasteiger partial charge on any atom is -0.492 e. The third kappa shape index (κ3) is 11.8. The molecule has 0 aliphatic carbocycles. The van der Waals surface area contributed by atoms with Gasteiger partial charge in [0.25, 0.3) is 0 Å². The Morgan fingerprint density at radius 1 is 1.22 bits per heavy atom. The van der Waals surface area contributed by atoms with E-state index in [1.54, 1.807) is 0 Å². The van der Waals surface area contributed by atoms with Gasteiger partial charge in [-0.2, -0.15) is 0 Å². The smallest absolute Gasteiger partial charge is 0.407 e. The molecule has 0 aromatic heterocycles. The molecule has 1 aliphatic rings. The van der Waals surface area contributed by atoms with Gasteiger partial charge in [0.15, 0.2) is 0 Å². The molecule has 27 heavy (non-hydrogen) atoms. The molecular formula is C21H37ClN2O3. The summed E-state index contributed by atoms with van der Waals surface area (Å²) in [4.78, 5) is 13.0. The predicted molar refractivity (Wildman–Crippen MR) is 114 cm³/mol. The van der Waals surface area contributed by atoms with Crippen LogP contribution in [0.5, 0.6) is 5.75 Å². The maximum absolute atomic E-state index is 10.5. The summed E-state index contributed by atoms with van der Waals surface area (Å²) in [6, 6.07) is 6.09. The fraction of sp³-hybridized carbons (Fsp3) is 0.667. The number of rotatable bonds is 4. The maximum atomic E-state index is 10.5. The minimum atomic E-state index is -0.389. The highest BCUT2D eigenvalue weighted by Gasteiger charge is 2.14. The lowest BCUT2D eigenvalue weighted by molar-refractivity contribution is 0.0541. The van der Waals surface area contributed by atoms with Gasteiger partial charge in [-0.05, 0) is 71.3 Å².